The van der Waals surface area contributed by atoms with E-state index in [-0.39, 0.29) is 18.0 Å². The summed E-state index contributed by atoms with van der Waals surface area (Å²) in [4.78, 5) is 28.5. The summed E-state index contributed by atoms with van der Waals surface area (Å²) in [7, 11) is 0. The highest BCUT2D eigenvalue weighted by Crippen LogP contribution is 2.40. The van der Waals surface area contributed by atoms with Gasteiger partial charge in [-0.25, -0.2) is 15.0 Å². The Labute approximate surface area is 148 Å². The van der Waals surface area contributed by atoms with Gasteiger partial charge < -0.3 is 15.1 Å². The maximum absolute atomic E-state index is 12.8. The van der Waals surface area contributed by atoms with Crippen molar-refractivity contribution >= 4 is 22.8 Å². The lowest BCUT2D eigenvalue weighted by molar-refractivity contribution is 0.0950. The number of fused-ring (bicyclic) bond motifs is 1. The van der Waals surface area contributed by atoms with Crippen LogP contribution in [0, 0.1) is 12.9 Å². The summed E-state index contributed by atoms with van der Waals surface area (Å²) in [5, 5.41) is 6.68. The second-order valence-corrected chi connectivity index (χ2v) is 6.63. The van der Waals surface area contributed by atoms with E-state index in [1.165, 1.54) is 12.5 Å². The molecule has 0 unspecified atom stereocenters. The number of anilines is 1. The van der Waals surface area contributed by atoms with Crippen molar-refractivity contribution in [2.24, 2.45) is 0 Å². The summed E-state index contributed by atoms with van der Waals surface area (Å²) in [6.07, 6.45) is 5.78. The molecule has 0 radical (unpaired) electrons. The van der Waals surface area contributed by atoms with Crippen molar-refractivity contribution in [3.05, 3.63) is 41.7 Å². The second kappa shape index (κ2) is 6.01. The van der Waals surface area contributed by atoms with E-state index >= 15 is 0 Å². The average Bonchev–Trinajstić information content (AvgIpc) is 3.23. The zero-order chi connectivity index (χ0) is 18.3. The van der Waals surface area contributed by atoms with Crippen molar-refractivity contribution in [2.45, 2.75) is 38.8 Å². The number of amides is 1. The molecule has 0 aliphatic heterocycles. The molecule has 26 heavy (non-hydrogen) atoms. The van der Waals surface area contributed by atoms with Crippen molar-refractivity contribution in [2.75, 3.05) is 5.32 Å². The quantitative estimate of drug-likeness (QED) is 0.723. The van der Waals surface area contributed by atoms with Crippen molar-refractivity contribution in [3.8, 4) is 0 Å². The Balaban J connectivity index is 1.63. The van der Waals surface area contributed by atoms with E-state index in [9.17, 15) is 9.18 Å². The van der Waals surface area contributed by atoms with E-state index in [0.717, 1.165) is 19.0 Å². The highest BCUT2D eigenvalue weighted by molar-refractivity contribution is 6.10. The van der Waals surface area contributed by atoms with Gasteiger partial charge in [0.2, 0.25) is 11.7 Å². The predicted molar refractivity (Wildman–Crippen MR) is 91.0 cm³/mol. The highest BCUT2D eigenvalue weighted by Gasteiger charge is 2.38. The Bertz CT molecular complexity index is 981. The van der Waals surface area contributed by atoms with E-state index in [2.05, 4.69) is 37.5 Å². The van der Waals surface area contributed by atoms with E-state index in [0.29, 0.717) is 33.9 Å². The first-order valence-corrected chi connectivity index (χ1v) is 8.22. The first kappa shape index (κ1) is 16.4. The van der Waals surface area contributed by atoms with E-state index in [1.807, 2.05) is 0 Å². The van der Waals surface area contributed by atoms with Crippen molar-refractivity contribution in [1.29, 1.82) is 0 Å². The van der Waals surface area contributed by atoms with E-state index < -0.39 is 5.95 Å². The van der Waals surface area contributed by atoms with Crippen molar-refractivity contribution in [1.82, 2.24) is 25.3 Å². The molecule has 3 aromatic rings. The Morgan fingerprint density at radius 2 is 2.08 bits per heavy atom. The van der Waals surface area contributed by atoms with Crippen LogP contribution in [0.1, 0.15) is 41.6 Å². The smallest absolute Gasteiger partial charge is 0.255 e. The SMILES string of the molecule is Cc1oc2ncnc(NC3(C)CC3)c2c1C(=O)NCc1cnc(F)cn1. The van der Waals surface area contributed by atoms with Crippen LogP contribution in [-0.4, -0.2) is 31.4 Å². The van der Waals surface area contributed by atoms with Crippen LogP contribution < -0.4 is 10.6 Å². The van der Waals surface area contributed by atoms with Crippen LogP contribution >= 0.6 is 0 Å². The first-order chi connectivity index (χ1) is 12.5. The number of aromatic nitrogens is 4. The third-order valence-corrected chi connectivity index (χ3v) is 4.42. The lowest BCUT2D eigenvalue weighted by Crippen LogP contribution is -2.24. The van der Waals surface area contributed by atoms with Gasteiger partial charge in [0, 0.05) is 5.54 Å². The van der Waals surface area contributed by atoms with Gasteiger partial charge in [-0.05, 0) is 26.7 Å². The first-order valence-electron chi connectivity index (χ1n) is 8.22. The Hall–Kier alpha value is -3.10. The number of furan rings is 1. The lowest BCUT2D eigenvalue weighted by atomic mass is 10.1. The molecule has 0 saturated heterocycles. The third kappa shape index (κ3) is 3.07. The number of carbonyl (C=O) groups is 1. The van der Waals surface area contributed by atoms with Crippen molar-refractivity contribution in [3.63, 3.8) is 0 Å². The van der Waals surface area contributed by atoms with Crippen LogP contribution in [0.3, 0.4) is 0 Å². The van der Waals surface area contributed by atoms with Crippen LogP contribution in [0.5, 0.6) is 0 Å². The minimum atomic E-state index is -0.668. The maximum Gasteiger partial charge on any atom is 0.255 e. The fourth-order valence-electron chi connectivity index (χ4n) is 2.70. The van der Waals surface area contributed by atoms with Gasteiger partial charge in [0.1, 0.15) is 17.9 Å². The largest absolute Gasteiger partial charge is 0.442 e. The minimum absolute atomic E-state index is 0.0100. The molecule has 9 heteroatoms. The molecular formula is C17H17FN6O2. The summed E-state index contributed by atoms with van der Waals surface area (Å²) in [5.41, 5.74) is 1.17. The molecule has 2 N–H and O–H groups in total. The van der Waals surface area contributed by atoms with Crippen LogP contribution in [0.2, 0.25) is 0 Å². The molecular weight excluding hydrogens is 339 g/mol. The van der Waals surface area contributed by atoms with Gasteiger partial charge in [0.25, 0.3) is 5.91 Å². The number of hydrogen-bond acceptors (Lipinski definition) is 7. The molecule has 4 rings (SSSR count). The molecule has 0 atom stereocenters. The summed E-state index contributed by atoms with van der Waals surface area (Å²) in [5.74, 6) is 0.0233. The minimum Gasteiger partial charge on any atom is -0.442 e. The normalized spacial score (nSPS) is 15.0. The number of halogens is 1. The Kier molecular flexibility index (Phi) is 3.78. The number of nitrogens with zero attached hydrogens (tertiary/aromatic N) is 4. The van der Waals surface area contributed by atoms with Crippen LogP contribution in [-0.2, 0) is 6.54 Å². The van der Waals surface area contributed by atoms with Crippen LogP contribution in [0.25, 0.3) is 11.1 Å². The zero-order valence-electron chi connectivity index (χ0n) is 14.3. The molecule has 134 valence electrons. The summed E-state index contributed by atoms with van der Waals surface area (Å²) in [6, 6.07) is 0. The number of carbonyl (C=O) groups excluding carboxylic acids is 1. The monoisotopic (exact) mass is 356 g/mol. The summed E-state index contributed by atoms with van der Waals surface area (Å²) in [6.45, 7) is 3.92. The average molecular weight is 356 g/mol. The summed E-state index contributed by atoms with van der Waals surface area (Å²) < 4.78 is 18.5. The second-order valence-electron chi connectivity index (χ2n) is 6.63. The summed E-state index contributed by atoms with van der Waals surface area (Å²) >= 11 is 0. The lowest BCUT2D eigenvalue weighted by Gasteiger charge is -2.13. The van der Waals surface area contributed by atoms with Gasteiger partial charge in [-0.1, -0.05) is 0 Å². The standard InChI is InChI=1S/C17H17FN6O2/c1-9-12(15(25)21-6-10-5-20-11(18)7-19-10)13-14(24-17(2)3-4-17)22-8-23-16(13)26-9/h5,7-8H,3-4,6H2,1-2H3,(H,21,25)(H,22,23,24). The third-order valence-electron chi connectivity index (χ3n) is 4.42. The van der Waals surface area contributed by atoms with Crippen molar-refractivity contribution < 1.29 is 13.6 Å². The number of nitrogens with one attached hydrogen (secondary N) is 2. The number of hydrogen-bond donors (Lipinski definition) is 2. The molecule has 3 heterocycles. The van der Waals surface area contributed by atoms with Gasteiger partial charge in [-0.2, -0.15) is 4.39 Å². The molecule has 3 aromatic heterocycles. The van der Waals surface area contributed by atoms with Crippen LogP contribution in [0.15, 0.2) is 23.1 Å². The molecule has 0 bridgehead atoms. The molecule has 8 nitrogen and oxygen atoms in total. The molecule has 1 fully saturated rings. The fourth-order valence-corrected chi connectivity index (χ4v) is 2.70. The Morgan fingerprint density at radius 1 is 1.27 bits per heavy atom. The van der Waals surface area contributed by atoms with Gasteiger partial charge >= 0.3 is 0 Å². The topological polar surface area (TPSA) is 106 Å². The van der Waals surface area contributed by atoms with Gasteiger partial charge in [-0.15, -0.1) is 0 Å². The molecule has 1 amide bonds. The predicted octanol–water partition coefficient (Wildman–Crippen LogP) is 2.35. The highest BCUT2D eigenvalue weighted by atomic mass is 19.1. The van der Waals surface area contributed by atoms with Gasteiger partial charge in [0.15, 0.2) is 0 Å². The molecule has 1 saturated carbocycles. The zero-order valence-corrected chi connectivity index (χ0v) is 14.3. The molecule has 1 aliphatic carbocycles. The number of aryl methyl sites for hydroxylation is 1. The number of rotatable bonds is 5. The molecule has 0 aromatic carbocycles. The van der Waals surface area contributed by atoms with E-state index in [1.54, 1.807) is 6.92 Å². The van der Waals surface area contributed by atoms with Crippen LogP contribution in [0.4, 0.5) is 10.2 Å². The molecule has 0 spiro atoms. The van der Waals surface area contributed by atoms with E-state index in [4.69, 9.17) is 4.42 Å². The molecule has 1 aliphatic rings. The Morgan fingerprint density at radius 3 is 2.77 bits per heavy atom. The maximum atomic E-state index is 12.8. The van der Waals surface area contributed by atoms with Gasteiger partial charge in [-0.3, -0.25) is 9.78 Å². The van der Waals surface area contributed by atoms with Gasteiger partial charge in [0.05, 0.1) is 35.6 Å². The fraction of sp³-hybridized carbons (Fsp3) is 0.353.